The molecule has 1 unspecified atom stereocenters. The maximum absolute atomic E-state index is 6.11. The predicted octanol–water partition coefficient (Wildman–Crippen LogP) is 3.55. The second-order valence-corrected chi connectivity index (χ2v) is 6.84. The van der Waals surface area contributed by atoms with Crippen LogP contribution in [0.15, 0.2) is 24.3 Å². The second kappa shape index (κ2) is 7.56. The first-order valence-corrected chi connectivity index (χ1v) is 7.89. The van der Waals surface area contributed by atoms with Crippen LogP contribution in [0.2, 0.25) is 0 Å². The molecule has 0 bridgehead atoms. The third-order valence-electron chi connectivity index (χ3n) is 2.19. The Morgan fingerprint density at radius 1 is 1.19 bits per heavy atom. The van der Waals surface area contributed by atoms with Gasteiger partial charge in [-0.05, 0) is 58.4 Å². The number of rotatable bonds is 6. The molecule has 0 aliphatic rings. The molecule has 0 saturated heterocycles. The van der Waals surface area contributed by atoms with E-state index in [9.17, 15) is 0 Å². The van der Waals surface area contributed by atoms with Gasteiger partial charge in [0.2, 0.25) is 0 Å². The zero-order valence-electron chi connectivity index (χ0n) is 9.95. The molecule has 2 N–H and O–H groups in total. The highest BCUT2D eigenvalue weighted by molar-refractivity contribution is 14.1. The fraction of sp³-hybridized carbons (Fsp3) is 0.538. The molecule has 0 spiro atoms. The van der Waals surface area contributed by atoms with E-state index in [0.717, 1.165) is 18.1 Å². The van der Waals surface area contributed by atoms with Crippen molar-refractivity contribution in [3.05, 3.63) is 33.4 Å². The van der Waals surface area contributed by atoms with Crippen molar-refractivity contribution < 1.29 is 0 Å². The normalized spacial score (nSPS) is 13.1. The van der Waals surface area contributed by atoms with Crippen LogP contribution in [0, 0.1) is 9.49 Å². The molecule has 1 nitrogen and oxygen atoms in total. The first kappa shape index (κ1) is 14.3. The van der Waals surface area contributed by atoms with E-state index >= 15 is 0 Å². The van der Waals surface area contributed by atoms with Gasteiger partial charge in [-0.2, -0.15) is 11.8 Å². The maximum Gasteiger partial charge on any atom is 0.0171 e. The molecular weight excluding hydrogens is 329 g/mol. The monoisotopic (exact) mass is 349 g/mol. The van der Waals surface area contributed by atoms with Gasteiger partial charge in [0.05, 0.1) is 0 Å². The Labute approximate surface area is 117 Å². The molecule has 0 amide bonds. The molecule has 3 heteroatoms. The van der Waals surface area contributed by atoms with Crippen LogP contribution in [0.3, 0.4) is 0 Å². The van der Waals surface area contributed by atoms with E-state index in [1.165, 1.54) is 14.9 Å². The van der Waals surface area contributed by atoms with Crippen molar-refractivity contribution >= 4 is 34.4 Å². The molecule has 16 heavy (non-hydrogen) atoms. The minimum Gasteiger partial charge on any atom is -0.327 e. The van der Waals surface area contributed by atoms with Gasteiger partial charge in [0.1, 0.15) is 0 Å². The van der Waals surface area contributed by atoms with Gasteiger partial charge in [0.15, 0.2) is 0 Å². The quantitative estimate of drug-likeness (QED) is 0.795. The van der Waals surface area contributed by atoms with Crippen molar-refractivity contribution in [3.8, 4) is 0 Å². The average Bonchev–Trinajstić information content (AvgIpc) is 2.21. The lowest BCUT2D eigenvalue weighted by Crippen LogP contribution is -2.26. The Balaban J connectivity index is 2.28. The summed E-state index contributed by atoms with van der Waals surface area (Å²) in [4.78, 5) is 0. The van der Waals surface area contributed by atoms with Crippen molar-refractivity contribution in [1.29, 1.82) is 0 Å². The zero-order valence-corrected chi connectivity index (χ0v) is 12.9. The highest BCUT2D eigenvalue weighted by atomic mass is 127. The average molecular weight is 349 g/mol. The number of halogens is 1. The lowest BCUT2D eigenvalue weighted by Gasteiger charge is -2.12. The van der Waals surface area contributed by atoms with Crippen LogP contribution < -0.4 is 5.73 Å². The van der Waals surface area contributed by atoms with Crippen LogP contribution in [0.5, 0.6) is 0 Å². The number of hydrogen-bond acceptors (Lipinski definition) is 2. The number of benzene rings is 1. The first-order valence-electron chi connectivity index (χ1n) is 5.65. The lowest BCUT2D eigenvalue weighted by atomic mass is 10.1. The topological polar surface area (TPSA) is 26.0 Å². The molecule has 0 fully saturated rings. The highest BCUT2D eigenvalue weighted by Gasteiger charge is 2.05. The summed E-state index contributed by atoms with van der Waals surface area (Å²) in [6.45, 7) is 4.50. The van der Waals surface area contributed by atoms with E-state index in [-0.39, 0.29) is 6.04 Å². The van der Waals surface area contributed by atoms with E-state index in [4.69, 9.17) is 5.73 Å². The molecule has 0 aromatic heterocycles. The van der Waals surface area contributed by atoms with Crippen LogP contribution >= 0.6 is 34.4 Å². The minimum absolute atomic E-state index is 0.281. The van der Waals surface area contributed by atoms with Gasteiger partial charge in [0.25, 0.3) is 0 Å². The molecule has 90 valence electrons. The fourth-order valence-electron chi connectivity index (χ4n) is 1.44. The summed E-state index contributed by atoms with van der Waals surface area (Å²) in [5.41, 5.74) is 7.45. The van der Waals surface area contributed by atoms with E-state index in [2.05, 4.69) is 60.7 Å². The van der Waals surface area contributed by atoms with Gasteiger partial charge in [-0.15, -0.1) is 0 Å². The summed E-state index contributed by atoms with van der Waals surface area (Å²) in [6, 6.07) is 8.92. The Bertz CT molecular complexity index is 297. The van der Waals surface area contributed by atoms with Crippen molar-refractivity contribution in [3.63, 3.8) is 0 Å². The maximum atomic E-state index is 6.11. The van der Waals surface area contributed by atoms with Gasteiger partial charge in [-0.1, -0.05) is 26.0 Å². The molecule has 1 aromatic carbocycles. The van der Waals surface area contributed by atoms with Crippen LogP contribution in [0.25, 0.3) is 0 Å². The minimum atomic E-state index is 0.281. The number of nitrogens with two attached hydrogens (primary N) is 1. The lowest BCUT2D eigenvalue weighted by molar-refractivity contribution is 0.731. The summed E-state index contributed by atoms with van der Waals surface area (Å²) in [7, 11) is 0. The predicted molar refractivity (Wildman–Crippen MR) is 83.0 cm³/mol. The summed E-state index contributed by atoms with van der Waals surface area (Å²) < 4.78 is 1.28. The van der Waals surface area contributed by atoms with Crippen LogP contribution in [-0.4, -0.2) is 17.5 Å². The van der Waals surface area contributed by atoms with Crippen LogP contribution in [-0.2, 0) is 6.42 Å². The third-order valence-corrected chi connectivity index (χ3v) is 4.48. The SMILES string of the molecule is CC(C)CSCC(N)Cc1ccc(I)cc1. The molecule has 1 rings (SSSR count). The van der Waals surface area contributed by atoms with Crippen molar-refractivity contribution in [2.24, 2.45) is 11.7 Å². The van der Waals surface area contributed by atoms with Crippen LogP contribution in [0.1, 0.15) is 19.4 Å². The molecule has 1 aromatic rings. The van der Waals surface area contributed by atoms with Gasteiger partial charge in [-0.3, -0.25) is 0 Å². The van der Waals surface area contributed by atoms with E-state index < -0.39 is 0 Å². The van der Waals surface area contributed by atoms with E-state index in [1.807, 2.05) is 11.8 Å². The van der Waals surface area contributed by atoms with E-state index in [0.29, 0.717) is 0 Å². The van der Waals surface area contributed by atoms with Gasteiger partial charge in [0, 0.05) is 15.4 Å². The Morgan fingerprint density at radius 3 is 2.38 bits per heavy atom. The molecule has 0 aliphatic carbocycles. The fourth-order valence-corrected chi connectivity index (χ4v) is 2.82. The van der Waals surface area contributed by atoms with Crippen molar-refractivity contribution in [2.75, 3.05) is 11.5 Å². The standard InChI is InChI=1S/C13H20INS/c1-10(2)8-16-9-13(15)7-11-3-5-12(14)6-4-11/h3-6,10,13H,7-9,15H2,1-2H3. The number of thioether (sulfide) groups is 1. The summed E-state index contributed by atoms with van der Waals surface area (Å²) >= 11 is 4.29. The molecule has 0 aliphatic heterocycles. The Morgan fingerprint density at radius 2 is 1.81 bits per heavy atom. The number of hydrogen-bond donors (Lipinski definition) is 1. The van der Waals surface area contributed by atoms with Crippen molar-refractivity contribution in [1.82, 2.24) is 0 Å². The highest BCUT2D eigenvalue weighted by Crippen LogP contribution is 2.12. The Hall–Kier alpha value is 0.260. The van der Waals surface area contributed by atoms with E-state index in [1.54, 1.807) is 0 Å². The molecule has 0 heterocycles. The van der Waals surface area contributed by atoms with Gasteiger partial charge < -0.3 is 5.73 Å². The largest absolute Gasteiger partial charge is 0.327 e. The Kier molecular flexibility index (Phi) is 6.77. The molecule has 0 saturated carbocycles. The van der Waals surface area contributed by atoms with Crippen molar-refractivity contribution in [2.45, 2.75) is 26.3 Å². The summed E-state index contributed by atoms with van der Waals surface area (Å²) in [5, 5.41) is 0. The second-order valence-electron chi connectivity index (χ2n) is 4.52. The smallest absolute Gasteiger partial charge is 0.0171 e. The molecule has 0 radical (unpaired) electrons. The molecule has 1 atom stereocenters. The van der Waals surface area contributed by atoms with Gasteiger partial charge >= 0.3 is 0 Å². The summed E-state index contributed by atoms with van der Waals surface area (Å²) in [6.07, 6.45) is 0.988. The summed E-state index contributed by atoms with van der Waals surface area (Å²) in [5.74, 6) is 3.03. The molecular formula is C13H20INS. The van der Waals surface area contributed by atoms with Crippen LogP contribution in [0.4, 0.5) is 0 Å². The first-order chi connectivity index (χ1) is 7.58. The third kappa shape index (κ3) is 6.11. The zero-order chi connectivity index (χ0) is 12.0. The van der Waals surface area contributed by atoms with Gasteiger partial charge in [-0.25, -0.2) is 0 Å².